The van der Waals surface area contributed by atoms with Crippen molar-refractivity contribution in [3.63, 3.8) is 0 Å². The lowest BCUT2D eigenvalue weighted by atomic mass is 9.96. The van der Waals surface area contributed by atoms with Crippen LogP contribution >= 0.6 is 11.3 Å². The molecule has 0 unspecified atom stereocenters. The summed E-state index contributed by atoms with van der Waals surface area (Å²) in [4.78, 5) is 13.4. The van der Waals surface area contributed by atoms with Crippen LogP contribution in [-0.2, 0) is 24.1 Å². The highest BCUT2D eigenvalue weighted by molar-refractivity contribution is 7.16. The van der Waals surface area contributed by atoms with Crippen molar-refractivity contribution in [1.82, 2.24) is 0 Å². The van der Waals surface area contributed by atoms with E-state index in [1.807, 2.05) is 30.3 Å². The first-order chi connectivity index (χ1) is 10.8. The normalized spacial score (nSPS) is 13.2. The molecule has 0 spiro atoms. The van der Waals surface area contributed by atoms with E-state index in [-0.39, 0.29) is 5.91 Å². The lowest BCUT2D eigenvalue weighted by Crippen LogP contribution is -2.12. The third-order valence-corrected chi connectivity index (χ3v) is 5.23. The van der Waals surface area contributed by atoms with Crippen LogP contribution in [0.2, 0.25) is 0 Å². The fourth-order valence-electron chi connectivity index (χ4n) is 2.86. The smallest absolute Gasteiger partial charge is 0.225 e. The van der Waals surface area contributed by atoms with Crippen molar-refractivity contribution >= 4 is 22.2 Å². The monoisotopic (exact) mass is 310 g/mol. The summed E-state index contributed by atoms with van der Waals surface area (Å²) in [5.41, 5.74) is 3.01. The minimum atomic E-state index is -0.0149. The van der Waals surface area contributed by atoms with E-state index in [1.54, 1.807) is 11.3 Å². The standard InChI is InChI=1S/C18H18N2OS/c19-12-15-14-8-4-5-9-16(14)22-18(15)20-17(21)11-10-13-6-2-1-3-7-13/h1-3,6-7H,4-5,8-11H2,(H,20,21). The highest BCUT2D eigenvalue weighted by Crippen LogP contribution is 2.37. The number of nitriles is 1. The third-order valence-electron chi connectivity index (χ3n) is 4.02. The minimum absolute atomic E-state index is 0.0149. The van der Waals surface area contributed by atoms with E-state index in [1.165, 1.54) is 11.3 Å². The predicted octanol–water partition coefficient (Wildman–Crippen LogP) is 4.07. The second-order valence-electron chi connectivity index (χ2n) is 5.56. The number of hydrogen-bond acceptors (Lipinski definition) is 3. The van der Waals surface area contributed by atoms with Crippen LogP contribution in [-0.4, -0.2) is 5.91 Å². The summed E-state index contributed by atoms with van der Waals surface area (Å²) in [6, 6.07) is 12.3. The van der Waals surface area contributed by atoms with Crippen molar-refractivity contribution in [1.29, 1.82) is 5.26 Å². The van der Waals surface area contributed by atoms with E-state index in [0.717, 1.165) is 41.8 Å². The van der Waals surface area contributed by atoms with Crippen LogP contribution in [0.4, 0.5) is 5.00 Å². The van der Waals surface area contributed by atoms with Gasteiger partial charge in [0.15, 0.2) is 0 Å². The maximum atomic E-state index is 12.2. The topological polar surface area (TPSA) is 52.9 Å². The van der Waals surface area contributed by atoms with Crippen LogP contribution in [0.1, 0.15) is 40.8 Å². The molecule has 1 aromatic heterocycles. The molecule has 22 heavy (non-hydrogen) atoms. The molecule has 112 valence electrons. The number of carbonyl (C=O) groups is 1. The van der Waals surface area contributed by atoms with Crippen LogP contribution < -0.4 is 5.32 Å². The Bertz CT molecular complexity index is 713. The van der Waals surface area contributed by atoms with E-state index in [4.69, 9.17) is 0 Å². The first-order valence-electron chi connectivity index (χ1n) is 7.66. The Morgan fingerprint density at radius 3 is 2.77 bits per heavy atom. The molecule has 2 aromatic rings. The molecular weight excluding hydrogens is 292 g/mol. The largest absolute Gasteiger partial charge is 0.317 e. The average Bonchev–Trinajstić information content (AvgIpc) is 2.91. The van der Waals surface area contributed by atoms with Gasteiger partial charge in [0.1, 0.15) is 11.1 Å². The maximum absolute atomic E-state index is 12.2. The fraction of sp³-hybridized carbons (Fsp3) is 0.333. The molecule has 1 aliphatic rings. The van der Waals surface area contributed by atoms with Gasteiger partial charge in [-0.2, -0.15) is 5.26 Å². The predicted molar refractivity (Wildman–Crippen MR) is 89.1 cm³/mol. The van der Waals surface area contributed by atoms with E-state index in [2.05, 4.69) is 11.4 Å². The summed E-state index contributed by atoms with van der Waals surface area (Å²) in [5.74, 6) is -0.0149. The first kappa shape index (κ1) is 14.8. The quantitative estimate of drug-likeness (QED) is 0.925. The number of amides is 1. The molecule has 0 radical (unpaired) electrons. The Hall–Kier alpha value is -2.12. The number of thiophene rings is 1. The highest BCUT2D eigenvalue weighted by atomic mass is 32.1. The molecule has 0 atom stereocenters. The summed E-state index contributed by atoms with van der Waals surface area (Å²) >= 11 is 1.58. The van der Waals surface area contributed by atoms with Gasteiger partial charge in [-0.1, -0.05) is 30.3 Å². The van der Waals surface area contributed by atoms with Gasteiger partial charge in [-0.15, -0.1) is 11.3 Å². The van der Waals surface area contributed by atoms with Crippen molar-refractivity contribution in [2.24, 2.45) is 0 Å². The fourth-order valence-corrected chi connectivity index (χ4v) is 4.12. The van der Waals surface area contributed by atoms with Crippen LogP contribution in [0.25, 0.3) is 0 Å². The molecule has 1 amide bonds. The number of nitrogens with one attached hydrogen (secondary N) is 1. The number of anilines is 1. The van der Waals surface area contributed by atoms with Gasteiger partial charge in [0.25, 0.3) is 0 Å². The molecule has 0 bridgehead atoms. The number of fused-ring (bicyclic) bond motifs is 1. The molecule has 0 saturated heterocycles. The number of benzene rings is 1. The lowest BCUT2D eigenvalue weighted by molar-refractivity contribution is -0.116. The molecule has 0 saturated carbocycles. The maximum Gasteiger partial charge on any atom is 0.225 e. The van der Waals surface area contributed by atoms with Crippen molar-refractivity contribution in [3.05, 3.63) is 51.9 Å². The van der Waals surface area contributed by atoms with Gasteiger partial charge in [-0.25, -0.2) is 0 Å². The van der Waals surface area contributed by atoms with Gasteiger partial charge in [-0.3, -0.25) is 4.79 Å². The Labute approximate surface area is 134 Å². The SMILES string of the molecule is N#Cc1c(NC(=O)CCc2ccccc2)sc2c1CCCC2. The van der Waals surface area contributed by atoms with Crippen LogP contribution in [0.15, 0.2) is 30.3 Å². The lowest BCUT2D eigenvalue weighted by Gasteiger charge is -2.09. The number of hydrogen-bond donors (Lipinski definition) is 1. The van der Waals surface area contributed by atoms with Crippen molar-refractivity contribution in [2.45, 2.75) is 38.5 Å². The molecule has 3 rings (SSSR count). The Morgan fingerprint density at radius 1 is 1.23 bits per heavy atom. The molecule has 1 aliphatic carbocycles. The van der Waals surface area contributed by atoms with Crippen molar-refractivity contribution < 1.29 is 4.79 Å². The number of nitrogens with zero attached hydrogens (tertiary/aromatic N) is 1. The van der Waals surface area contributed by atoms with Crippen molar-refractivity contribution in [3.8, 4) is 6.07 Å². The van der Waals surface area contributed by atoms with Gasteiger partial charge >= 0.3 is 0 Å². The highest BCUT2D eigenvalue weighted by Gasteiger charge is 2.21. The van der Waals surface area contributed by atoms with E-state index >= 15 is 0 Å². The first-order valence-corrected chi connectivity index (χ1v) is 8.48. The second kappa shape index (κ2) is 6.76. The molecule has 1 N–H and O–H groups in total. The zero-order chi connectivity index (χ0) is 15.4. The Morgan fingerprint density at radius 2 is 2.00 bits per heavy atom. The minimum Gasteiger partial charge on any atom is -0.317 e. The Balaban J connectivity index is 1.67. The summed E-state index contributed by atoms with van der Waals surface area (Å²) in [6.07, 6.45) is 5.49. The molecule has 4 heteroatoms. The Kier molecular flexibility index (Phi) is 4.55. The van der Waals surface area contributed by atoms with Gasteiger partial charge < -0.3 is 5.32 Å². The summed E-state index contributed by atoms with van der Waals surface area (Å²) in [7, 11) is 0. The number of rotatable bonds is 4. The molecular formula is C18H18N2OS. The van der Waals surface area contributed by atoms with Crippen molar-refractivity contribution in [2.75, 3.05) is 5.32 Å². The zero-order valence-corrected chi connectivity index (χ0v) is 13.2. The molecule has 1 aromatic carbocycles. The van der Waals surface area contributed by atoms with Crippen LogP contribution in [0, 0.1) is 11.3 Å². The van der Waals surface area contributed by atoms with E-state index < -0.39 is 0 Å². The van der Waals surface area contributed by atoms with Crippen LogP contribution in [0.5, 0.6) is 0 Å². The molecule has 0 aliphatic heterocycles. The summed E-state index contributed by atoms with van der Waals surface area (Å²) < 4.78 is 0. The van der Waals surface area contributed by atoms with Gasteiger partial charge in [0, 0.05) is 11.3 Å². The molecule has 3 nitrogen and oxygen atoms in total. The zero-order valence-electron chi connectivity index (χ0n) is 12.4. The van der Waals surface area contributed by atoms with Gasteiger partial charge in [0.05, 0.1) is 5.56 Å². The number of carbonyl (C=O) groups excluding carboxylic acids is 1. The molecule has 1 heterocycles. The van der Waals surface area contributed by atoms with Gasteiger partial charge in [0.2, 0.25) is 5.91 Å². The number of aryl methyl sites for hydroxylation is 2. The van der Waals surface area contributed by atoms with Crippen LogP contribution in [0.3, 0.4) is 0 Å². The average molecular weight is 310 g/mol. The summed E-state index contributed by atoms with van der Waals surface area (Å²) in [6.45, 7) is 0. The summed E-state index contributed by atoms with van der Waals surface area (Å²) in [5, 5.41) is 13.1. The van der Waals surface area contributed by atoms with E-state index in [0.29, 0.717) is 12.0 Å². The third kappa shape index (κ3) is 3.20. The second-order valence-corrected chi connectivity index (χ2v) is 6.67. The molecule has 0 fully saturated rings. The van der Waals surface area contributed by atoms with Gasteiger partial charge in [-0.05, 0) is 43.2 Å². The van der Waals surface area contributed by atoms with E-state index in [9.17, 15) is 10.1 Å².